The molecule has 0 bridgehead atoms. The Morgan fingerprint density at radius 1 is 1.24 bits per heavy atom. The maximum atomic E-state index is 12.1. The molecule has 1 amide bonds. The van der Waals surface area contributed by atoms with E-state index in [9.17, 15) is 4.79 Å². The molecule has 3 rings (SSSR count). The molecule has 4 nitrogen and oxygen atoms in total. The number of pyridine rings is 1. The van der Waals surface area contributed by atoms with Crippen LogP contribution in [0, 0.1) is 6.92 Å². The Balaban J connectivity index is 1.66. The molecule has 3 heterocycles. The maximum absolute atomic E-state index is 12.1. The molecule has 0 radical (unpaired) electrons. The molecule has 0 spiro atoms. The van der Waals surface area contributed by atoms with Crippen molar-refractivity contribution in [2.75, 3.05) is 0 Å². The van der Waals surface area contributed by atoms with Crippen molar-refractivity contribution in [3.63, 3.8) is 0 Å². The van der Waals surface area contributed by atoms with Gasteiger partial charge in [-0.2, -0.15) is 11.3 Å². The van der Waals surface area contributed by atoms with E-state index in [1.807, 2.05) is 41.9 Å². The van der Waals surface area contributed by atoms with E-state index in [2.05, 4.69) is 15.3 Å². The predicted molar refractivity (Wildman–Crippen MR) is 85.6 cm³/mol. The number of aryl methyl sites for hydroxylation is 1. The quantitative estimate of drug-likeness (QED) is 0.801. The highest BCUT2D eigenvalue weighted by Gasteiger charge is 2.12. The number of carbonyl (C=O) groups excluding carboxylic acids is 1. The fourth-order valence-electron chi connectivity index (χ4n) is 1.86. The van der Waals surface area contributed by atoms with Gasteiger partial charge in [0.05, 0.1) is 12.2 Å². The molecule has 0 saturated carbocycles. The number of aromatic nitrogens is 2. The lowest BCUT2D eigenvalue weighted by molar-refractivity contribution is 0.0946. The van der Waals surface area contributed by atoms with E-state index < -0.39 is 0 Å². The zero-order valence-corrected chi connectivity index (χ0v) is 13.0. The van der Waals surface area contributed by atoms with Gasteiger partial charge in [-0.25, -0.2) is 4.98 Å². The van der Waals surface area contributed by atoms with Gasteiger partial charge < -0.3 is 5.32 Å². The Bertz CT molecular complexity index is 750. The van der Waals surface area contributed by atoms with Crippen LogP contribution in [-0.4, -0.2) is 15.9 Å². The summed E-state index contributed by atoms with van der Waals surface area (Å²) in [5.41, 5.74) is 3.30. The third-order valence-corrected chi connectivity index (χ3v) is 4.46. The van der Waals surface area contributed by atoms with Crippen molar-refractivity contribution in [1.82, 2.24) is 15.3 Å². The van der Waals surface area contributed by atoms with Crippen LogP contribution in [0.25, 0.3) is 10.6 Å². The number of nitrogens with one attached hydrogen (secondary N) is 1. The Kier molecular flexibility index (Phi) is 4.08. The predicted octanol–water partition coefficient (Wildman–Crippen LogP) is 3.51. The summed E-state index contributed by atoms with van der Waals surface area (Å²) in [6, 6.07) is 7.76. The number of carbonyl (C=O) groups is 1. The summed E-state index contributed by atoms with van der Waals surface area (Å²) in [7, 11) is 0. The maximum Gasteiger partial charge on any atom is 0.271 e. The molecule has 1 N–H and O–H groups in total. The Morgan fingerprint density at radius 2 is 2.14 bits per heavy atom. The van der Waals surface area contributed by atoms with E-state index in [-0.39, 0.29) is 5.91 Å². The van der Waals surface area contributed by atoms with Crippen molar-refractivity contribution >= 4 is 28.6 Å². The molecule has 6 heteroatoms. The van der Waals surface area contributed by atoms with E-state index in [1.54, 1.807) is 16.7 Å². The van der Waals surface area contributed by atoms with Crippen LogP contribution in [0.2, 0.25) is 0 Å². The van der Waals surface area contributed by atoms with Gasteiger partial charge in [0, 0.05) is 22.0 Å². The van der Waals surface area contributed by atoms with Gasteiger partial charge in [-0.3, -0.25) is 9.78 Å². The van der Waals surface area contributed by atoms with Crippen molar-refractivity contribution in [3.05, 3.63) is 57.5 Å². The fourth-order valence-corrected chi connectivity index (χ4v) is 3.37. The second-order valence-corrected chi connectivity index (χ2v) is 6.14. The minimum Gasteiger partial charge on any atom is -0.345 e. The summed E-state index contributed by atoms with van der Waals surface area (Å²) in [4.78, 5) is 20.8. The Morgan fingerprint density at radius 3 is 2.90 bits per heavy atom. The molecule has 0 aliphatic rings. The van der Waals surface area contributed by atoms with Crippen molar-refractivity contribution in [1.29, 1.82) is 0 Å². The smallest absolute Gasteiger partial charge is 0.271 e. The normalized spacial score (nSPS) is 10.5. The van der Waals surface area contributed by atoms with Crippen LogP contribution in [-0.2, 0) is 6.54 Å². The highest BCUT2D eigenvalue weighted by Crippen LogP contribution is 2.25. The van der Waals surface area contributed by atoms with Crippen LogP contribution in [0.4, 0.5) is 0 Å². The molecular formula is C15H13N3OS2. The van der Waals surface area contributed by atoms with Crippen LogP contribution >= 0.6 is 22.7 Å². The number of thiazole rings is 1. The first-order valence-corrected chi connectivity index (χ1v) is 8.23. The lowest BCUT2D eigenvalue weighted by Crippen LogP contribution is -2.23. The number of hydrogen-bond donors (Lipinski definition) is 1. The van der Waals surface area contributed by atoms with E-state index in [4.69, 9.17) is 0 Å². The molecular weight excluding hydrogens is 302 g/mol. The average molecular weight is 315 g/mol. The van der Waals surface area contributed by atoms with Crippen LogP contribution in [0.3, 0.4) is 0 Å². The van der Waals surface area contributed by atoms with Gasteiger partial charge in [0.1, 0.15) is 10.7 Å². The van der Waals surface area contributed by atoms with Crippen LogP contribution in [0.1, 0.15) is 21.9 Å². The van der Waals surface area contributed by atoms with E-state index in [0.29, 0.717) is 12.2 Å². The van der Waals surface area contributed by atoms with Gasteiger partial charge in [-0.05, 0) is 30.5 Å². The molecule has 0 aliphatic heterocycles. The summed E-state index contributed by atoms with van der Waals surface area (Å²) < 4.78 is 0. The SMILES string of the molecule is Cc1cccc(CNC(=O)c2csc(-c3ccsc3)n2)n1. The molecule has 21 heavy (non-hydrogen) atoms. The van der Waals surface area contributed by atoms with Crippen LogP contribution < -0.4 is 5.32 Å². The molecule has 0 atom stereocenters. The standard InChI is InChI=1S/C15H13N3OS2/c1-10-3-2-4-12(17-10)7-16-14(19)13-9-21-15(18-13)11-5-6-20-8-11/h2-6,8-9H,7H2,1H3,(H,16,19). The van der Waals surface area contributed by atoms with Gasteiger partial charge >= 0.3 is 0 Å². The van der Waals surface area contributed by atoms with Crippen LogP contribution in [0.5, 0.6) is 0 Å². The summed E-state index contributed by atoms with van der Waals surface area (Å²) in [5.74, 6) is -0.170. The third-order valence-electron chi connectivity index (χ3n) is 2.88. The second-order valence-electron chi connectivity index (χ2n) is 4.50. The lowest BCUT2D eigenvalue weighted by atomic mass is 10.3. The average Bonchev–Trinajstić information content (AvgIpc) is 3.15. The largest absolute Gasteiger partial charge is 0.345 e. The number of rotatable bonds is 4. The van der Waals surface area contributed by atoms with Gasteiger partial charge in [-0.15, -0.1) is 11.3 Å². The van der Waals surface area contributed by atoms with Crippen molar-refractivity contribution in [2.45, 2.75) is 13.5 Å². The molecule has 0 saturated heterocycles. The van der Waals surface area contributed by atoms with E-state index in [1.165, 1.54) is 11.3 Å². The minimum atomic E-state index is -0.170. The van der Waals surface area contributed by atoms with Crippen molar-refractivity contribution in [3.8, 4) is 10.6 Å². The molecule has 0 aliphatic carbocycles. The first-order chi connectivity index (χ1) is 10.2. The molecule has 3 aromatic heterocycles. The highest BCUT2D eigenvalue weighted by atomic mass is 32.1. The first-order valence-electron chi connectivity index (χ1n) is 6.41. The number of thiophene rings is 1. The summed E-state index contributed by atoms with van der Waals surface area (Å²) in [5, 5.41) is 9.53. The Labute approximate surface area is 130 Å². The topological polar surface area (TPSA) is 54.9 Å². The molecule has 0 fully saturated rings. The van der Waals surface area contributed by atoms with Gasteiger partial charge in [-0.1, -0.05) is 6.07 Å². The Hall–Kier alpha value is -2.05. The zero-order chi connectivity index (χ0) is 14.7. The monoisotopic (exact) mass is 315 g/mol. The number of nitrogens with zero attached hydrogens (tertiary/aromatic N) is 2. The first kappa shape index (κ1) is 13.9. The van der Waals surface area contributed by atoms with Crippen LogP contribution in [0.15, 0.2) is 40.4 Å². The highest BCUT2D eigenvalue weighted by molar-refractivity contribution is 7.14. The van der Waals surface area contributed by atoms with Gasteiger partial charge in [0.25, 0.3) is 5.91 Å². The lowest BCUT2D eigenvalue weighted by Gasteiger charge is -2.03. The third kappa shape index (κ3) is 3.34. The number of hydrogen-bond acceptors (Lipinski definition) is 5. The molecule has 3 aromatic rings. The van der Waals surface area contributed by atoms with Gasteiger partial charge in [0.15, 0.2) is 0 Å². The van der Waals surface area contributed by atoms with Crippen molar-refractivity contribution in [2.24, 2.45) is 0 Å². The molecule has 0 aromatic carbocycles. The van der Waals surface area contributed by atoms with E-state index in [0.717, 1.165) is 22.0 Å². The fraction of sp³-hybridized carbons (Fsp3) is 0.133. The zero-order valence-electron chi connectivity index (χ0n) is 11.4. The molecule has 106 valence electrons. The molecule has 0 unspecified atom stereocenters. The minimum absolute atomic E-state index is 0.170. The second kappa shape index (κ2) is 6.15. The van der Waals surface area contributed by atoms with Crippen molar-refractivity contribution < 1.29 is 4.79 Å². The number of amides is 1. The summed E-state index contributed by atoms with van der Waals surface area (Å²) in [6.07, 6.45) is 0. The summed E-state index contributed by atoms with van der Waals surface area (Å²) in [6.45, 7) is 2.34. The van der Waals surface area contributed by atoms with E-state index >= 15 is 0 Å². The summed E-state index contributed by atoms with van der Waals surface area (Å²) >= 11 is 3.10. The van der Waals surface area contributed by atoms with Gasteiger partial charge in [0.2, 0.25) is 0 Å².